The molecule has 0 aliphatic carbocycles. The average molecular weight is 367 g/mol. The predicted octanol–water partition coefficient (Wildman–Crippen LogP) is 4.11. The molecule has 0 aliphatic rings. The number of amides is 1. The number of nitrogens with one attached hydrogen (secondary N) is 1. The number of carbonyl (C=O) groups excluding carboxylic acids is 1. The van der Waals surface area contributed by atoms with Gasteiger partial charge in [0.15, 0.2) is 0 Å². The van der Waals surface area contributed by atoms with Gasteiger partial charge in [0.25, 0.3) is 0 Å². The van der Waals surface area contributed by atoms with E-state index < -0.39 is 17.8 Å². The topological polar surface area (TPSA) is 55.1 Å². The van der Waals surface area contributed by atoms with E-state index in [1.54, 1.807) is 6.07 Å². The molecule has 0 aromatic heterocycles. The Hall–Kier alpha value is -1.27. The normalized spacial score (nSPS) is 15.1. The number of hydrogen-bond acceptors (Lipinski definition) is 2. The lowest BCUT2D eigenvalue weighted by Gasteiger charge is -2.19. The zero-order valence-electron chi connectivity index (χ0n) is 14.2. The minimum atomic E-state index is -4.34. The van der Waals surface area contributed by atoms with E-state index in [0.29, 0.717) is 18.5 Å². The highest BCUT2D eigenvalue weighted by atomic mass is 35.5. The van der Waals surface area contributed by atoms with E-state index in [4.69, 9.17) is 5.73 Å². The summed E-state index contributed by atoms with van der Waals surface area (Å²) in [6, 6.07) is 4.75. The lowest BCUT2D eigenvalue weighted by Crippen LogP contribution is -2.45. The molecule has 3 nitrogen and oxygen atoms in total. The first-order valence-electron chi connectivity index (χ1n) is 7.87. The van der Waals surface area contributed by atoms with Crippen molar-refractivity contribution in [3.05, 3.63) is 35.4 Å². The molecule has 0 saturated heterocycles. The van der Waals surface area contributed by atoms with Crippen LogP contribution in [-0.4, -0.2) is 18.5 Å². The molecular formula is C17H26ClF3N2O. The molecule has 3 unspecified atom stereocenters. The summed E-state index contributed by atoms with van der Waals surface area (Å²) in [5, 5.41) is 2.76. The van der Waals surface area contributed by atoms with Crippen LogP contribution in [0.5, 0.6) is 0 Å². The Morgan fingerprint density at radius 3 is 2.46 bits per heavy atom. The molecule has 0 saturated carbocycles. The summed E-state index contributed by atoms with van der Waals surface area (Å²) in [6.45, 7) is 6.11. The van der Waals surface area contributed by atoms with Gasteiger partial charge in [-0.2, -0.15) is 13.2 Å². The zero-order valence-corrected chi connectivity index (χ0v) is 15.0. The first-order chi connectivity index (χ1) is 10.7. The molecule has 7 heteroatoms. The van der Waals surface area contributed by atoms with Crippen LogP contribution in [0.25, 0.3) is 0 Å². The highest BCUT2D eigenvalue weighted by Crippen LogP contribution is 2.31. The fourth-order valence-electron chi connectivity index (χ4n) is 2.23. The Kier molecular flexibility index (Phi) is 9.37. The molecule has 0 spiro atoms. The SMILES string of the molecule is CCC(C)C(N)C(=O)NCCC(C)c1cccc(C(F)(F)F)c1.Cl. The second kappa shape index (κ2) is 9.89. The van der Waals surface area contributed by atoms with Gasteiger partial charge in [0, 0.05) is 6.54 Å². The van der Waals surface area contributed by atoms with Gasteiger partial charge in [0.05, 0.1) is 11.6 Å². The second-order valence-electron chi connectivity index (χ2n) is 6.02. The zero-order chi connectivity index (χ0) is 17.6. The minimum absolute atomic E-state index is 0. The van der Waals surface area contributed by atoms with Crippen molar-refractivity contribution in [3.63, 3.8) is 0 Å². The molecular weight excluding hydrogens is 341 g/mol. The lowest BCUT2D eigenvalue weighted by molar-refractivity contribution is -0.137. The summed E-state index contributed by atoms with van der Waals surface area (Å²) in [4.78, 5) is 11.9. The van der Waals surface area contributed by atoms with Gasteiger partial charge >= 0.3 is 6.18 Å². The first-order valence-corrected chi connectivity index (χ1v) is 7.87. The van der Waals surface area contributed by atoms with Gasteiger partial charge in [-0.3, -0.25) is 4.79 Å². The summed E-state index contributed by atoms with van der Waals surface area (Å²) < 4.78 is 38.1. The van der Waals surface area contributed by atoms with Crippen molar-refractivity contribution in [3.8, 4) is 0 Å². The number of rotatable bonds is 7. The average Bonchev–Trinajstić information content (AvgIpc) is 2.52. The standard InChI is InChI=1S/C17H25F3N2O.ClH/c1-4-11(2)15(21)16(23)22-9-8-12(3)13-6-5-7-14(10-13)17(18,19)20;/h5-7,10-12,15H,4,8-9,21H2,1-3H3,(H,22,23);1H. The van der Waals surface area contributed by atoms with Crippen LogP contribution in [0.15, 0.2) is 24.3 Å². The molecule has 0 fully saturated rings. The molecule has 1 aromatic carbocycles. The third-order valence-corrected chi connectivity index (χ3v) is 4.22. The maximum absolute atomic E-state index is 12.7. The monoisotopic (exact) mass is 366 g/mol. The van der Waals surface area contributed by atoms with Crippen LogP contribution < -0.4 is 11.1 Å². The number of alkyl halides is 3. The molecule has 0 heterocycles. The van der Waals surface area contributed by atoms with Crippen molar-refractivity contribution < 1.29 is 18.0 Å². The number of halogens is 4. The molecule has 1 aromatic rings. The number of benzene rings is 1. The molecule has 1 rings (SSSR count). The van der Waals surface area contributed by atoms with Crippen LogP contribution in [0.3, 0.4) is 0 Å². The largest absolute Gasteiger partial charge is 0.416 e. The van der Waals surface area contributed by atoms with E-state index in [1.165, 1.54) is 6.07 Å². The van der Waals surface area contributed by atoms with Gasteiger partial charge in [-0.25, -0.2) is 0 Å². The predicted molar refractivity (Wildman–Crippen MR) is 92.2 cm³/mol. The van der Waals surface area contributed by atoms with Gasteiger partial charge in [-0.05, 0) is 29.9 Å². The molecule has 3 atom stereocenters. The third-order valence-electron chi connectivity index (χ3n) is 4.22. The van der Waals surface area contributed by atoms with Crippen LogP contribution >= 0.6 is 12.4 Å². The van der Waals surface area contributed by atoms with Crippen molar-refractivity contribution in [1.82, 2.24) is 5.32 Å². The Bertz CT molecular complexity index is 523. The molecule has 3 N–H and O–H groups in total. The fraction of sp³-hybridized carbons (Fsp3) is 0.588. The third kappa shape index (κ3) is 6.69. The molecule has 24 heavy (non-hydrogen) atoms. The molecule has 0 bridgehead atoms. The summed E-state index contributed by atoms with van der Waals surface area (Å²) >= 11 is 0. The molecule has 138 valence electrons. The summed E-state index contributed by atoms with van der Waals surface area (Å²) in [7, 11) is 0. The number of nitrogens with two attached hydrogens (primary N) is 1. The Balaban J connectivity index is 0.00000529. The van der Waals surface area contributed by atoms with Crippen LogP contribution in [-0.2, 0) is 11.0 Å². The number of hydrogen-bond donors (Lipinski definition) is 2. The van der Waals surface area contributed by atoms with Gasteiger partial charge < -0.3 is 11.1 Å². The molecule has 0 aliphatic heterocycles. The maximum atomic E-state index is 12.7. The summed E-state index contributed by atoms with van der Waals surface area (Å²) in [6.07, 6.45) is -2.97. The van der Waals surface area contributed by atoms with E-state index in [2.05, 4.69) is 5.32 Å². The Morgan fingerprint density at radius 1 is 1.29 bits per heavy atom. The number of carbonyl (C=O) groups is 1. The van der Waals surface area contributed by atoms with Crippen molar-refractivity contribution in [2.24, 2.45) is 11.7 Å². The van der Waals surface area contributed by atoms with Gasteiger partial charge in [0.1, 0.15) is 0 Å². The smallest absolute Gasteiger partial charge is 0.355 e. The minimum Gasteiger partial charge on any atom is -0.355 e. The first kappa shape index (κ1) is 22.7. The van der Waals surface area contributed by atoms with Crippen LogP contribution in [0, 0.1) is 5.92 Å². The van der Waals surface area contributed by atoms with Crippen molar-refractivity contribution in [1.29, 1.82) is 0 Å². The van der Waals surface area contributed by atoms with Gasteiger partial charge in [0.2, 0.25) is 5.91 Å². The van der Waals surface area contributed by atoms with E-state index >= 15 is 0 Å². The second-order valence-corrected chi connectivity index (χ2v) is 6.02. The van der Waals surface area contributed by atoms with Crippen molar-refractivity contribution >= 4 is 18.3 Å². The van der Waals surface area contributed by atoms with Crippen molar-refractivity contribution in [2.45, 2.75) is 51.7 Å². The summed E-state index contributed by atoms with van der Waals surface area (Å²) in [5.74, 6) is -0.205. The highest BCUT2D eigenvalue weighted by Gasteiger charge is 2.30. The highest BCUT2D eigenvalue weighted by molar-refractivity contribution is 5.85. The van der Waals surface area contributed by atoms with Crippen molar-refractivity contribution in [2.75, 3.05) is 6.54 Å². The Labute approximate surface area is 147 Å². The van der Waals surface area contributed by atoms with Crippen LogP contribution in [0.1, 0.15) is 50.7 Å². The fourth-order valence-corrected chi connectivity index (χ4v) is 2.23. The van der Waals surface area contributed by atoms with E-state index in [9.17, 15) is 18.0 Å². The quantitative estimate of drug-likeness (QED) is 0.763. The van der Waals surface area contributed by atoms with E-state index in [0.717, 1.165) is 18.6 Å². The molecule has 1 amide bonds. The van der Waals surface area contributed by atoms with E-state index in [-0.39, 0.29) is 30.2 Å². The van der Waals surface area contributed by atoms with Gasteiger partial charge in [-0.1, -0.05) is 45.4 Å². The van der Waals surface area contributed by atoms with Crippen LogP contribution in [0.2, 0.25) is 0 Å². The summed E-state index contributed by atoms with van der Waals surface area (Å²) in [5.41, 5.74) is 5.79. The Morgan fingerprint density at radius 2 is 1.92 bits per heavy atom. The van der Waals surface area contributed by atoms with Gasteiger partial charge in [-0.15, -0.1) is 12.4 Å². The van der Waals surface area contributed by atoms with E-state index in [1.807, 2.05) is 20.8 Å². The maximum Gasteiger partial charge on any atom is 0.416 e. The lowest BCUT2D eigenvalue weighted by atomic mass is 9.95. The molecule has 0 radical (unpaired) electrons. The van der Waals surface area contributed by atoms with Crippen LogP contribution in [0.4, 0.5) is 13.2 Å².